The van der Waals surface area contributed by atoms with Crippen molar-refractivity contribution in [3.05, 3.63) is 75.8 Å². The summed E-state index contributed by atoms with van der Waals surface area (Å²) in [4.78, 5) is 36.9. The van der Waals surface area contributed by atoms with E-state index >= 15 is 0 Å². The number of amides is 1. The van der Waals surface area contributed by atoms with Crippen LogP contribution in [0.5, 0.6) is 0 Å². The topological polar surface area (TPSA) is 73.0 Å². The van der Waals surface area contributed by atoms with E-state index in [4.69, 9.17) is 4.98 Å². The molecule has 0 aliphatic rings. The van der Waals surface area contributed by atoms with Crippen LogP contribution in [0.15, 0.2) is 53.3 Å². The Labute approximate surface area is 174 Å². The van der Waals surface area contributed by atoms with Crippen molar-refractivity contribution >= 4 is 17.1 Å². The van der Waals surface area contributed by atoms with Crippen LogP contribution in [0.1, 0.15) is 21.6 Å². The van der Waals surface area contributed by atoms with Crippen molar-refractivity contribution in [2.24, 2.45) is 7.05 Å². The van der Waals surface area contributed by atoms with Crippen molar-refractivity contribution in [2.45, 2.75) is 13.8 Å². The number of aryl methyl sites for hydroxylation is 3. The minimum Gasteiger partial charge on any atom is -0.343 e. The maximum absolute atomic E-state index is 13.2. The molecule has 0 saturated carbocycles. The molecule has 0 atom stereocenters. The number of benzene rings is 2. The lowest BCUT2D eigenvalue weighted by Crippen LogP contribution is -2.25. The first-order chi connectivity index (χ1) is 14.3. The van der Waals surface area contributed by atoms with Gasteiger partial charge in [-0.25, -0.2) is 19.3 Å². The second-order valence-corrected chi connectivity index (χ2v) is 7.58. The molecule has 152 valence electrons. The van der Waals surface area contributed by atoms with Crippen LogP contribution in [0.25, 0.3) is 28.2 Å². The standard InChI is InChI=1S/C23H23N5O2/c1-14-11-12-17(13-15(14)2)28-21-19(27(5)23(28)30)18(22(29)26(3)4)24-20(25-21)16-9-7-6-8-10-16/h6-13H,1-5H3. The van der Waals surface area contributed by atoms with Crippen LogP contribution < -0.4 is 5.69 Å². The van der Waals surface area contributed by atoms with Gasteiger partial charge in [-0.15, -0.1) is 0 Å². The quantitative estimate of drug-likeness (QED) is 0.529. The molecule has 0 radical (unpaired) electrons. The van der Waals surface area contributed by atoms with Crippen LogP contribution >= 0.6 is 0 Å². The second kappa shape index (κ2) is 7.26. The number of hydrogen-bond donors (Lipinski definition) is 0. The summed E-state index contributed by atoms with van der Waals surface area (Å²) in [7, 11) is 4.97. The Bertz CT molecular complexity index is 1330. The average molecular weight is 401 g/mol. The van der Waals surface area contributed by atoms with E-state index in [9.17, 15) is 9.59 Å². The zero-order chi connectivity index (χ0) is 21.6. The third kappa shape index (κ3) is 3.08. The summed E-state index contributed by atoms with van der Waals surface area (Å²) in [6, 6.07) is 15.3. The molecule has 0 aliphatic carbocycles. The lowest BCUT2D eigenvalue weighted by atomic mass is 10.1. The van der Waals surface area contributed by atoms with E-state index in [0.29, 0.717) is 22.7 Å². The van der Waals surface area contributed by atoms with Crippen LogP contribution in [-0.4, -0.2) is 44.0 Å². The zero-order valence-corrected chi connectivity index (χ0v) is 17.7. The molecule has 0 N–H and O–H groups in total. The van der Waals surface area contributed by atoms with Crippen molar-refractivity contribution in [1.29, 1.82) is 0 Å². The first kappa shape index (κ1) is 19.6. The largest absolute Gasteiger partial charge is 0.343 e. The zero-order valence-electron chi connectivity index (χ0n) is 17.7. The molecule has 0 fully saturated rings. The molecule has 1 amide bonds. The summed E-state index contributed by atoms with van der Waals surface area (Å²) >= 11 is 0. The number of carbonyl (C=O) groups is 1. The van der Waals surface area contributed by atoms with Crippen LogP contribution in [0.4, 0.5) is 0 Å². The van der Waals surface area contributed by atoms with E-state index in [2.05, 4.69) is 4.98 Å². The number of aromatic nitrogens is 4. The minimum atomic E-state index is -0.285. The SMILES string of the molecule is Cc1ccc(-n2c(=O)n(C)c3c(C(=O)N(C)C)nc(-c4ccccc4)nc32)cc1C. The smallest absolute Gasteiger partial charge is 0.334 e. The van der Waals surface area contributed by atoms with Gasteiger partial charge in [0.25, 0.3) is 5.91 Å². The molecule has 0 spiro atoms. The fourth-order valence-electron chi connectivity index (χ4n) is 3.42. The maximum atomic E-state index is 13.2. The van der Waals surface area contributed by atoms with Gasteiger partial charge < -0.3 is 4.90 Å². The molecule has 7 nitrogen and oxygen atoms in total. The Kier molecular flexibility index (Phi) is 4.73. The number of hydrogen-bond acceptors (Lipinski definition) is 4. The molecule has 0 aliphatic heterocycles. The van der Waals surface area contributed by atoms with Gasteiger partial charge in [-0.2, -0.15) is 0 Å². The van der Waals surface area contributed by atoms with Gasteiger partial charge in [0, 0.05) is 26.7 Å². The van der Waals surface area contributed by atoms with Crippen molar-refractivity contribution in [3.63, 3.8) is 0 Å². The molecule has 2 heterocycles. The average Bonchev–Trinajstić information content (AvgIpc) is 3.00. The molecular formula is C23H23N5O2. The summed E-state index contributed by atoms with van der Waals surface area (Å²) in [6.45, 7) is 4.02. The lowest BCUT2D eigenvalue weighted by Gasteiger charge is -2.12. The summed E-state index contributed by atoms with van der Waals surface area (Å²) in [6.07, 6.45) is 0. The first-order valence-electron chi connectivity index (χ1n) is 9.63. The number of imidazole rings is 1. The highest BCUT2D eigenvalue weighted by atomic mass is 16.2. The van der Waals surface area contributed by atoms with Crippen molar-refractivity contribution in [3.8, 4) is 17.1 Å². The highest BCUT2D eigenvalue weighted by Gasteiger charge is 2.24. The van der Waals surface area contributed by atoms with Gasteiger partial charge in [0.15, 0.2) is 17.2 Å². The third-order valence-electron chi connectivity index (χ3n) is 5.28. The van der Waals surface area contributed by atoms with Gasteiger partial charge in [-0.3, -0.25) is 9.36 Å². The van der Waals surface area contributed by atoms with E-state index in [-0.39, 0.29) is 17.3 Å². The molecule has 4 aromatic rings. The Morgan fingerprint density at radius 3 is 2.30 bits per heavy atom. The Hall–Kier alpha value is -3.74. The van der Waals surface area contributed by atoms with E-state index in [0.717, 1.165) is 16.7 Å². The normalized spacial score (nSPS) is 11.1. The summed E-state index contributed by atoms with van der Waals surface area (Å²) in [5.41, 5.74) is 4.42. The summed E-state index contributed by atoms with van der Waals surface area (Å²) in [5, 5.41) is 0. The van der Waals surface area contributed by atoms with Gasteiger partial charge in [-0.1, -0.05) is 36.4 Å². The van der Waals surface area contributed by atoms with Crippen molar-refractivity contribution in [2.75, 3.05) is 14.1 Å². The number of rotatable bonds is 3. The summed E-state index contributed by atoms with van der Waals surface area (Å²) in [5.74, 6) is 0.115. The van der Waals surface area contributed by atoms with Gasteiger partial charge in [0.2, 0.25) is 0 Å². The summed E-state index contributed by atoms with van der Waals surface area (Å²) < 4.78 is 2.98. The first-order valence-corrected chi connectivity index (χ1v) is 9.63. The Morgan fingerprint density at radius 1 is 0.967 bits per heavy atom. The second-order valence-electron chi connectivity index (χ2n) is 7.58. The van der Waals surface area contributed by atoms with E-state index in [1.54, 1.807) is 25.7 Å². The van der Waals surface area contributed by atoms with E-state index in [1.165, 1.54) is 9.47 Å². The van der Waals surface area contributed by atoms with Crippen LogP contribution in [0.3, 0.4) is 0 Å². The van der Waals surface area contributed by atoms with Gasteiger partial charge in [-0.05, 0) is 37.1 Å². The van der Waals surface area contributed by atoms with E-state index < -0.39 is 0 Å². The number of carbonyl (C=O) groups excluding carboxylic acids is 1. The van der Waals surface area contributed by atoms with Gasteiger partial charge in [0.05, 0.1) is 5.69 Å². The van der Waals surface area contributed by atoms with Crippen LogP contribution in [-0.2, 0) is 7.05 Å². The van der Waals surface area contributed by atoms with Gasteiger partial charge in [0.1, 0.15) is 5.52 Å². The molecule has 0 bridgehead atoms. The highest BCUT2D eigenvalue weighted by molar-refractivity contribution is 6.03. The molecule has 0 unspecified atom stereocenters. The molecule has 30 heavy (non-hydrogen) atoms. The Morgan fingerprint density at radius 2 is 1.67 bits per heavy atom. The van der Waals surface area contributed by atoms with Crippen LogP contribution in [0, 0.1) is 13.8 Å². The molecule has 2 aromatic carbocycles. The third-order valence-corrected chi connectivity index (χ3v) is 5.28. The maximum Gasteiger partial charge on any atom is 0.334 e. The van der Waals surface area contributed by atoms with Crippen LogP contribution in [0.2, 0.25) is 0 Å². The fourth-order valence-corrected chi connectivity index (χ4v) is 3.42. The van der Waals surface area contributed by atoms with Crippen molar-refractivity contribution in [1.82, 2.24) is 24.0 Å². The molecule has 2 aromatic heterocycles. The molecule has 0 saturated heterocycles. The lowest BCUT2D eigenvalue weighted by molar-refractivity contribution is 0.0823. The number of nitrogens with zero attached hydrogens (tertiary/aromatic N) is 5. The van der Waals surface area contributed by atoms with Crippen molar-refractivity contribution < 1.29 is 4.79 Å². The monoisotopic (exact) mass is 401 g/mol. The minimum absolute atomic E-state index is 0.200. The molecule has 4 rings (SSSR count). The fraction of sp³-hybridized carbons (Fsp3) is 0.217. The number of fused-ring (bicyclic) bond motifs is 1. The molecule has 7 heteroatoms. The predicted octanol–water partition coefficient (Wildman–Crippen LogP) is 3.10. The molecular weight excluding hydrogens is 378 g/mol. The highest BCUT2D eigenvalue weighted by Crippen LogP contribution is 2.24. The Balaban J connectivity index is 2.13. The predicted molar refractivity (Wildman–Crippen MR) is 117 cm³/mol. The van der Waals surface area contributed by atoms with E-state index in [1.807, 2.05) is 62.4 Å². The van der Waals surface area contributed by atoms with Gasteiger partial charge >= 0.3 is 5.69 Å².